The van der Waals surface area contributed by atoms with Crippen LogP contribution in [0.3, 0.4) is 0 Å². The normalized spacial score (nSPS) is 12.1. The minimum absolute atomic E-state index is 0.0935. The number of benzene rings is 3. The molecule has 0 aliphatic heterocycles. The summed E-state index contributed by atoms with van der Waals surface area (Å²) in [6.07, 6.45) is -0.270. The van der Waals surface area contributed by atoms with E-state index in [2.05, 4.69) is 10.0 Å². The fourth-order valence-corrected chi connectivity index (χ4v) is 4.22. The predicted molar refractivity (Wildman–Crippen MR) is 128 cm³/mol. The predicted octanol–water partition coefficient (Wildman–Crippen LogP) is 5.55. The Balaban J connectivity index is 1.67. The highest BCUT2D eigenvalue weighted by Crippen LogP contribution is 2.22. The molecule has 0 fully saturated rings. The summed E-state index contributed by atoms with van der Waals surface area (Å²) in [5.41, 5.74) is 3.04. The number of carbonyl (C=O) groups excluding carboxylic acids is 1. The van der Waals surface area contributed by atoms with Crippen LogP contribution in [0.2, 0.25) is 5.02 Å². The zero-order valence-corrected chi connectivity index (χ0v) is 19.6. The van der Waals surface area contributed by atoms with Crippen molar-refractivity contribution in [3.05, 3.63) is 82.9 Å². The molecule has 32 heavy (non-hydrogen) atoms. The van der Waals surface area contributed by atoms with Crippen LogP contribution in [0.5, 0.6) is 5.75 Å². The zero-order valence-electron chi connectivity index (χ0n) is 18.1. The van der Waals surface area contributed by atoms with Crippen molar-refractivity contribution in [1.29, 1.82) is 0 Å². The lowest BCUT2D eigenvalue weighted by Gasteiger charge is -2.17. The number of ether oxygens (including phenoxy) is 1. The molecular formula is C24H25ClN2O4S. The maximum atomic E-state index is 12.7. The van der Waals surface area contributed by atoms with Gasteiger partial charge >= 0.3 is 0 Å². The number of amides is 1. The molecule has 8 heteroatoms. The van der Waals surface area contributed by atoms with Crippen LogP contribution in [0.4, 0.5) is 11.4 Å². The van der Waals surface area contributed by atoms with Crippen molar-refractivity contribution in [3.63, 3.8) is 0 Å². The Labute approximate surface area is 193 Å². The van der Waals surface area contributed by atoms with Gasteiger partial charge in [0.1, 0.15) is 5.75 Å². The van der Waals surface area contributed by atoms with Gasteiger partial charge in [-0.2, -0.15) is 0 Å². The Hall–Kier alpha value is -3.03. The number of aryl methyl sites for hydroxylation is 2. The summed E-state index contributed by atoms with van der Waals surface area (Å²) in [5.74, 6) is 0.162. The molecule has 0 unspecified atom stereocenters. The molecular weight excluding hydrogens is 448 g/mol. The first-order valence-electron chi connectivity index (χ1n) is 10.1. The third kappa shape index (κ3) is 6.02. The smallest absolute Gasteiger partial charge is 0.265 e. The van der Waals surface area contributed by atoms with Crippen LogP contribution in [0.25, 0.3) is 0 Å². The van der Waals surface area contributed by atoms with E-state index in [4.69, 9.17) is 16.3 Å². The number of anilines is 2. The molecule has 0 aliphatic rings. The summed E-state index contributed by atoms with van der Waals surface area (Å²) in [4.78, 5) is 12.7. The number of hydrogen-bond acceptors (Lipinski definition) is 4. The van der Waals surface area contributed by atoms with E-state index >= 15 is 0 Å². The molecule has 1 atom stereocenters. The number of nitrogens with one attached hydrogen (secondary N) is 2. The third-order valence-corrected chi connectivity index (χ3v) is 6.56. The molecule has 0 bridgehead atoms. The first-order chi connectivity index (χ1) is 15.2. The van der Waals surface area contributed by atoms with Gasteiger partial charge in [0.2, 0.25) is 0 Å². The highest BCUT2D eigenvalue weighted by Gasteiger charge is 2.20. The number of carbonyl (C=O) groups is 1. The van der Waals surface area contributed by atoms with Gasteiger partial charge in [-0.15, -0.1) is 0 Å². The SMILES string of the molecule is CC[C@H](Oc1cccc(Cl)c1)C(=O)Nc1ccc(S(=O)(=O)Nc2ccc(C)c(C)c2)cc1. The second kappa shape index (κ2) is 10.1. The molecule has 0 heterocycles. The summed E-state index contributed by atoms with van der Waals surface area (Å²) in [5, 5.41) is 3.28. The molecule has 3 aromatic carbocycles. The number of sulfonamides is 1. The van der Waals surface area contributed by atoms with Crippen LogP contribution in [0.1, 0.15) is 24.5 Å². The molecule has 0 saturated carbocycles. The highest BCUT2D eigenvalue weighted by molar-refractivity contribution is 7.92. The molecule has 0 radical (unpaired) electrons. The van der Waals surface area contributed by atoms with Gasteiger partial charge in [-0.1, -0.05) is 30.7 Å². The molecule has 0 spiro atoms. The Bertz CT molecular complexity index is 1210. The lowest BCUT2D eigenvalue weighted by Crippen LogP contribution is -2.32. The second-order valence-electron chi connectivity index (χ2n) is 7.39. The summed E-state index contributed by atoms with van der Waals surface area (Å²) >= 11 is 5.96. The zero-order chi connectivity index (χ0) is 23.3. The number of halogens is 1. The van der Waals surface area contributed by atoms with E-state index in [0.717, 1.165) is 11.1 Å². The maximum absolute atomic E-state index is 12.7. The Morgan fingerprint density at radius 1 is 0.969 bits per heavy atom. The summed E-state index contributed by atoms with van der Waals surface area (Å²) < 4.78 is 33.7. The minimum Gasteiger partial charge on any atom is -0.481 e. The summed E-state index contributed by atoms with van der Waals surface area (Å²) in [7, 11) is -3.75. The third-order valence-electron chi connectivity index (χ3n) is 4.93. The van der Waals surface area contributed by atoms with Crippen molar-refractivity contribution >= 4 is 38.9 Å². The van der Waals surface area contributed by atoms with E-state index in [1.54, 1.807) is 48.5 Å². The summed E-state index contributed by atoms with van der Waals surface area (Å²) in [6, 6.07) is 18.2. The monoisotopic (exact) mass is 472 g/mol. The van der Waals surface area contributed by atoms with E-state index in [-0.39, 0.29) is 10.8 Å². The van der Waals surface area contributed by atoms with E-state index in [9.17, 15) is 13.2 Å². The van der Waals surface area contributed by atoms with Crippen LogP contribution in [-0.2, 0) is 14.8 Å². The van der Waals surface area contributed by atoms with E-state index in [1.165, 1.54) is 12.1 Å². The number of hydrogen-bond donors (Lipinski definition) is 2. The van der Waals surface area contributed by atoms with Gasteiger partial charge in [-0.3, -0.25) is 9.52 Å². The molecule has 3 aromatic rings. The van der Waals surface area contributed by atoms with E-state index < -0.39 is 16.1 Å². The van der Waals surface area contributed by atoms with E-state index in [1.807, 2.05) is 26.8 Å². The van der Waals surface area contributed by atoms with Crippen LogP contribution in [-0.4, -0.2) is 20.4 Å². The lowest BCUT2D eigenvalue weighted by atomic mass is 10.1. The van der Waals surface area contributed by atoms with Gasteiger partial charge in [0.15, 0.2) is 6.10 Å². The standard InChI is InChI=1S/C24H25ClN2O4S/c1-4-23(31-21-7-5-6-18(25)15-21)24(28)26-19-10-12-22(13-11-19)32(29,30)27-20-9-8-16(2)17(3)14-20/h5-15,23,27H,4H2,1-3H3,(H,26,28)/t23-/m0/s1. The second-order valence-corrected chi connectivity index (χ2v) is 9.51. The Kier molecular flexibility index (Phi) is 7.43. The summed E-state index contributed by atoms with van der Waals surface area (Å²) in [6.45, 7) is 5.72. The fraction of sp³-hybridized carbons (Fsp3) is 0.208. The van der Waals surface area contributed by atoms with Gasteiger partial charge in [-0.05, 0) is 86.0 Å². The molecule has 6 nitrogen and oxygen atoms in total. The van der Waals surface area contributed by atoms with Crippen molar-refractivity contribution in [3.8, 4) is 5.75 Å². The largest absolute Gasteiger partial charge is 0.481 e. The topological polar surface area (TPSA) is 84.5 Å². The Morgan fingerprint density at radius 2 is 1.66 bits per heavy atom. The van der Waals surface area contributed by atoms with E-state index in [0.29, 0.717) is 28.6 Å². The quantitative estimate of drug-likeness (QED) is 0.450. The molecule has 2 N–H and O–H groups in total. The van der Waals surface area contributed by atoms with Crippen LogP contribution < -0.4 is 14.8 Å². The molecule has 0 saturated heterocycles. The molecule has 168 valence electrons. The van der Waals surface area contributed by atoms with Gasteiger partial charge in [0.05, 0.1) is 4.90 Å². The van der Waals surface area contributed by atoms with Crippen molar-refractivity contribution in [1.82, 2.24) is 0 Å². The first kappa shape index (κ1) is 23.6. The molecule has 0 aromatic heterocycles. The van der Waals surface area contributed by atoms with Crippen LogP contribution >= 0.6 is 11.6 Å². The van der Waals surface area contributed by atoms with Crippen molar-refractivity contribution < 1.29 is 17.9 Å². The molecule has 1 amide bonds. The average molecular weight is 473 g/mol. The first-order valence-corrected chi connectivity index (χ1v) is 12.0. The molecule has 3 rings (SSSR count). The Morgan fingerprint density at radius 3 is 2.28 bits per heavy atom. The van der Waals surface area contributed by atoms with Crippen molar-refractivity contribution in [2.24, 2.45) is 0 Å². The van der Waals surface area contributed by atoms with Gasteiger partial charge in [0.25, 0.3) is 15.9 Å². The lowest BCUT2D eigenvalue weighted by molar-refractivity contribution is -0.122. The maximum Gasteiger partial charge on any atom is 0.265 e. The van der Waals surface area contributed by atoms with Crippen molar-refractivity contribution in [2.45, 2.75) is 38.2 Å². The number of rotatable bonds is 8. The average Bonchev–Trinajstić information content (AvgIpc) is 2.75. The van der Waals surface area contributed by atoms with Crippen LogP contribution in [0, 0.1) is 13.8 Å². The highest BCUT2D eigenvalue weighted by atomic mass is 35.5. The fourth-order valence-electron chi connectivity index (χ4n) is 2.99. The minimum atomic E-state index is -3.75. The van der Waals surface area contributed by atoms with Gasteiger partial charge in [0, 0.05) is 16.4 Å². The van der Waals surface area contributed by atoms with Crippen molar-refractivity contribution in [2.75, 3.05) is 10.0 Å². The molecule has 0 aliphatic carbocycles. The van der Waals surface area contributed by atoms with Gasteiger partial charge in [-0.25, -0.2) is 8.42 Å². The van der Waals surface area contributed by atoms with Gasteiger partial charge < -0.3 is 10.1 Å². The van der Waals surface area contributed by atoms with Crippen LogP contribution in [0.15, 0.2) is 71.6 Å².